The molecule has 0 fully saturated rings. The van der Waals surface area contributed by atoms with Crippen molar-refractivity contribution >= 4 is 0 Å². The van der Waals surface area contributed by atoms with E-state index in [1.807, 2.05) is 30.7 Å². The van der Waals surface area contributed by atoms with Crippen LogP contribution in [0.25, 0.3) is 0 Å². The van der Waals surface area contributed by atoms with Crippen LogP contribution in [0, 0.1) is 0 Å². The number of nitrogens with zero attached hydrogens (tertiary/aromatic N) is 2. The van der Waals surface area contributed by atoms with Crippen LogP contribution in [-0.4, -0.2) is 22.7 Å². The monoisotopic (exact) mass is 245 g/mol. The van der Waals surface area contributed by atoms with Crippen LogP contribution < -0.4 is 10.5 Å². The van der Waals surface area contributed by atoms with Crippen molar-refractivity contribution in [1.82, 2.24) is 9.55 Å². The Morgan fingerprint density at radius 1 is 1.28 bits per heavy atom. The van der Waals surface area contributed by atoms with Crippen LogP contribution in [0.4, 0.5) is 0 Å². The third-order valence-electron chi connectivity index (χ3n) is 2.76. The summed E-state index contributed by atoms with van der Waals surface area (Å²) in [6, 6.07) is 8.08. The molecule has 0 spiro atoms. The lowest BCUT2D eigenvalue weighted by atomic mass is 10.1. The number of hydrogen-bond acceptors (Lipinski definition) is 3. The fraction of sp³-hybridized carbons (Fsp3) is 0.357. The van der Waals surface area contributed by atoms with Gasteiger partial charge < -0.3 is 15.0 Å². The van der Waals surface area contributed by atoms with E-state index in [2.05, 4.69) is 15.6 Å². The molecule has 4 heteroatoms. The molecular weight excluding hydrogens is 226 g/mol. The Balaban J connectivity index is 1.79. The van der Waals surface area contributed by atoms with Crippen molar-refractivity contribution in [2.45, 2.75) is 19.4 Å². The van der Waals surface area contributed by atoms with E-state index in [1.54, 1.807) is 6.20 Å². The van der Waals surface area contributed by atoms with E-state index in [9.17, 15) is 0 Å². The van der Waals surface area contributed by atoms with Crippen LogP contribution in [0.5, 0.6) is 5.75 Å². The topological polar surface area (TPSA) is 53.1 Å². The minimum absolute atomic E-state index is 0.648. The molecule has 0 aliphatic carbocycles. The third kappa shape index (κ3) is 3.60. The second kappa shape index (κ2) is 6.81. The lowest BCUT2D eigenvalue weighted by Crippen LogP contribution is -2.07. The molecule has 0 aliphatic rings. The molecule has 96 valence electrons. The molecule has 2 rings (SSSR count). The molecule has 2 N–H and O–H groups in total. The van der Waals surface area contributed by atoms with E-state index >= 15 is 0 Å². The summed E-state index contributed by atoms with van der Waals surface area (Å²) in [6.45, 7) is 2.29. The molecule has 0 radical (unpaired) electrons. The van der Waals surface area contributed by atoms with Crippen LogP contribution in [-0.2, 0) is 13.0 Å². The summed E-state index contributed by atoms with van der Waals surface area (Å²) in [7, 11) is 0. The van der Waals surface area contributed by atoms with Crippen molar-refractivity contribution in [2.24, 2.45) is 5.73 Å². The first-order valence-electron chi connectivity index (χ1n) is 6.26. The van der Waals surface area contributed by atoms with Crippen molar-refractivity contribution in [2.75, 3.05) is 13.2 Å². The summed E-state index contributed by atoms with van der Waals surface area (Å²) in [5.74, 6) is 0.952. The second-order valence-corrected chi connectivity index (χ2v) is 4.15. The second-order valence-electron chi connectivity index (χ2n) is 4.15. The summed E-state index contributed by atoms with van der Waals surface area (Å²) in [4.78, 5) is 4.01. The van der Waals surface area contributed by atoms with Gasteiger partial charge in [0.1, 0.15) is 5.75 Å². The number of rotatable bonds is 7. The van der Waals surface area contributed by atoms with Crippen molar-refractivity contribution < 1.29 is 4.74 Å². The van der Waals surface area contributed by atoms with Crippen LogP contribution >= 0.6 is 0 Å². The summed E-state index contributed by atoms with van der Waals surface area (Å²) >= 11 is 0. The Bertz CT molecular complexity index is 454. The van der Waals surface area contributed by atoms with E-state index in [-0.39, 0.29) is 0 Å². The van der Waals surface area contributed by atoms with Gasteiger partial charge in [-0.05, 0) is 31.0 Å². The average Bonchev–Trinajstić information content (AvgIpc) is 2.90. The smallest absolute Gasteiger partial charge is 0.122 e. The number of ether oxygens (including phenoxy) is 1. The first kappa shape index (κ1) is 12.6. The predicted octanol–water partition coefficient (Wildman–Crippen LogP) is 1.85. The van der Waals surface area contributed by atoms with Gasteiger partial charge in [0.15, 0.2) is 0 Å². The number of imidazole rings is 1. The number of nitrogens with two attached hydrogens (primary N) is 1. The molecular formula is C14H19N3O. The number of hydrogen-bond donors (Lipinski definition) is 1. The molecule has 0 amide bonds. The van der Waals surface area contributed by atoms with Gasteiger partial charge in [0.25, 0.3) is 0 Å². The van der Waals surface area contributed by atoms with E-state index in [0.29, 0.717) is 13.2 Å². The van der Waals surface area contributed by atoms with E-state index in [0.717, 1.165) is 25.1 Å². The fourth-order valence-corrected chi connectivity index (χ4v) is 1.85. The highest BCUT2D eigenvalue weighted by atomic mass is 16.5. The number of aryl methyl sites for hydroxylation is 1. The van der Waals surface area contributed by atoms with Gasteiger partial charge >= 0.3 is 0 Å². The number of benzene rings is 1. The van der Waals surface area contributed by atoms with Crippen LogP contribution in [0.15, 0.2) is 43.0 Å². The Kier molecular flexibility index (Phi) is 4.78. The lowest BCUT2D eigenvalue weighted by molar-refractivity contribution is 0.299. The molecule has 0 saturated heterocycles. The standard InChI is InChI=1S/C14H19N3O/c15-7-6-13-4-1-2-5-14(13)18-11-3-9-17-10-8-16-12-17/h1-2,4-5,8,10,12H,3,6-7,9,11,15H2. The summed E-state index contributed by atoms with van der Waals surface area (Å²) in [5.41, 5.74) is 6.77. The zero-order valence-electron chi connectivity index (χ0n) is 10.5. The van der Waals surface area contributed by atoms with Crippen molar-refractivity contribution in [1.29, 1.82) is 0 Å². The van der Waals surface area contributed by atoms with Gasteiger partial charge in [-0.2, -0.15) is 0 Å². The molecule has 0 aliphatic heterocycles. The number of para-hydroxylation sites is 1. The molecule has 0 unspecified atom stereocenters. The molecule has 1 aromatic carbocycles. The SMILES string of the molecule is NCCc1ccccc1OCCCn1ccnc1. The highest BCUT2D eigenvalue weighted by molar-refractivity contribution is 5.33. The molecule has 1 aromatic heterocycles. The molecule has 2 aromatic rings. The van der Waals surface area contributed by atoms with Gasteiger partial charge in [-0.15, -0.1) is 0 Å². The van der Waals surface area contributed by atoms with Crippen LogP contribution in [0.1, 0.15) is 12.0 Å². The minimum atomic E-state index is 0.648. The molecule has 4 nitrogen and oxygen atoms in total. The van der Waals surface area contributed by atoms with Gasteiger partial charge in [-0.3, -0.25) is 0 Å². The molecule has 18 heavy (non-hydrogen) atoms. The maximum absolute atomic E-state index is 5.80. The minimum Gasteiger partial charge on any atom is -0.493 e. The maximum Gasteiger partial charge on any atom is 0.122 e. The zero-order valence-corrected chi connectivity index (χ0v) is 10.5. The predicted molar refractivity (Wildman–Crippen MR) is 71.5 cm³/mol. The van der Waals surface area contributed by atoms with Gasteiger partial charge in [-0.1, -0.05) is 18.2 Å². The highest BCUT2D eigenvalue weighted by Crippen LogP contribution is 2.18. The first-order valence-corrected chi connectivity index (χ1v) is 6.26. The first-order chi connectivity index (χ1) is 8.90. The summed E-state index contributed by atoms with van der Waals surface area (Å²) in [6.07, 6.45) is 7.40. The lowest BCUT2D eigenvalue weighted by Gasteiger charge is -2.10. The normalized spacial score (nSPS) is 10.5. The van der Waals surface area contributed by atoms with Crippen LogP contribution in [0.2, 0.25) is 0 Å². The van der Waals surface area contributed by atoms with Crippen molar-refractivity contribution in [3.8, 4) is 5.75 Å². The van der Waals surface area contributed by atoms with E-state index in [4.69, 9.17) is 10.5 Å². The van der Waals surface area contributed by atoms with E-state index in [1.165, 1.54) is 5.56 Å². The number of aromatic nitrogens is 2. The summed E-state index contributed by atoms with van der Waals surface area (Å²) in [5, 5.41) is 0. The molecule has 1 heterocycles. The average molecular weight is 245 g/mol. The van der Waals surface area contributed by atoms with Gasteiger partial charge in [0.2, 0.25) is 0 Å². The molecule has 0 saturated carbocycles. The zero-order chi connectivity index (χ0) is 12.6. The summed E-state index contributed by atoms with van der Waals surface area (Å²) < 4.78 is 7.85. The largest absolute Gasteiger partial charge is 0.493 e. The maximum atomic E-state index is 5.80. The quantitative estimate of drug-likeness (QED) is 0.757. The Morgan fingerprint density at radius 2 is 2.17 bits per heavy atom. The Hall–Kier alpha value is -1.81. The van der Waals surface area contributed by atoms with Gasteiger partial charge in [0, 0.05) is 18.9 Å². The molecule has 0 atom stereocenters. The van der Waals surface area contributed by atoms with Crippen molar-refractivity contribution in [3.05, 3.63) is 48.5 Å². The van der Waals surface area contributed by atoms with Crippen molar-refractivity contribution in [3.63, 3.8) is 0 Å². The van der Waals surface area contributed by atoms with Gasteiger partial charge in [-0.25, -0.2) is 4.98 Å². The highest BCUT2D eigenvalue weighted by Gasteiger charge is 2.01. The fourth-order valence-electron chi connectivity index (χ4n) is 1.85. The Labute approximate surface area is 107 Å². The van der Waals surface area contributed by atoms with Crippen LogP contribution in [0.3, 0.4) is 0 Å². The van der Waals surface area contributed by atoms with Gasteiger partial charge in [0.05, 0.1) is 12.9 Å². The Morgan fingerprint density at radius 3 is 2.94 bits per heavy atom. The third-order valence-corrected chi connectivity index (χ3v) is 2.76. The molecule has 0 bridgehead atoms. The van der Waals surface area contributed by atoms with E-state index < -0.39 is 0 Å².